The minimum atomic E-state index is 0.00953. The summed E-state index contributed by atoms with van der Waals surface area (Å²) in [6.07, 6.45) is 12.7. The third-order valence-electron chi connectivity index (χ3n) is 4.40. The molecule has 0 rings (SSSR count). The molecule has 0 aromatic heterocycles. The first-order chi connectivity index (χ1) is 10.2. The van der Waals surface area contributed by atoms with Gasteiger partial charge in [-0.3, -0.25) is 4.79 Å². The van der Waals surface area contributed by atoms with Gasteiger partial charge in [0.1, 0.15) is 0 Å². The summed E-state index contributed by atoms with van der Waals surface area (Å²) in [5, 5.41) is 0. The zero-order valence-corrected chi connectivity index (χ0v) is 15.0. The second-order valence-electron chi connectivity index (χ2n) is 6.52. The van der Waals surface area contributed by atoms with Crippen molar-refractivity contribution < 1.29 is 9.53 Å². The molecule has 0 bridgehead atoms. The topological polar surface area (TPSA) is 26.3 Å². The molecule has 0 saturated heterocycles. The number of esters is 1. The van der Waals surface area contributed by atoms with Crippen molar-refractivity contribution in [2.45, 2.75) is 98.3 Å². The summed E-state index contributed by atoms with van der Waals surface area (Å²) in [6.45, 7) is 9.59. The van der Waals surface area contributed by atoms with Crippen LogP contribution in [0.5, 0.6) is 0 Å². The highest BCUT2D eigenvalue weighted by molar-refractivity contribution is 5.69. The van der Waals surface area contributed by atoms with E-state index >= 15 is 0 Å². The van der Waals surface area contributed by atoms with Gasteiger partial charge in [0, 0.05) is 6.42 Å². The van der Waals surface area contributed by atoms with Crippen molar-refractivity contribution in [3.63, 3.8) is 0 Å². The molecular formula is C19H38O2. The van der Waals surface area contributed by atoms with Crippen LogP contribution in [0, 0.1) is 11.8 Å². The Balaban J connectivity index is 3.76. The molecule has 0 amide bonds. The fourth-order valence-electron chi connectivity index (χ4n) is 2.92. The Labute approximate surface area is 133 Å². The van der Waals surface area contributed by atoms with Crippen molar-refractivity contribution >= 4 is 5.97 Å². The van der Waals surface area contributed by atoms with Crippen LogP contribution in [0.25, 0.3) is 0 Å². The Morgan fingerprint density at radius 2 is 1.48 bits per heavy atom. The van der Waals surface area contributed by atoms with Gasteiger partial charge in [-0.05, 0) is 24.7 Å². The summed E-state index contributed by atoms with van der Waals surface area (Å²) in [7, 11) is 0. The molecule has 0 aromatic rings. The maximum atomic E-state index is 11.8. The second-order valence-corrected chi connectivity index (χ2v) is 6.52. The molecule has 0 spiro atoms. The molecule has 2 nitrogen and oxygen atoms in total. The maximum Gasteiger partial charge on any atom is 0.305 e. The van der Waals surface area contributed by atoms with E-state index in [1.807, 2.05) is 0 Å². The Morgan fingerprint density at radius 1 is 0.857 bits per heavy atom. The van der Waals surface area contributed by atoms with Gasteiger partial charge < -0.3 is 4.74 Å². The zero-order valence-electron chi connectivity index (χ0n) is 15.0. The van der Waals surface area contributed by atoms with E-state index < -0.39 is 0 Å². The van der Waals surface area contributed by atoms with Gasteiger partial charge in [0.15, 0.2) is 0 Å². The van der Waals surface area contributed by atoms with Crippen LogP contribution in [-0.4, -0.2) is 12.6 Å². The van der Waals surface area contributed by atoms with Gasteiger partial charge in [-0.2, -0.15) is 0 Å². The molecule has 0 aliphatic heterocycles. The molecule has 0 aliphatic carbocycles. The predicted molar refractivity (Wildman–Crippen MR) is 91.4 cm³/mol. The number of unbranched alkanes of at least 4 members (excludes halogenated alkanes) is 5. The van der Waals surface area contributed by atoms with Crippen LogP contribution < -0.4 is 0 Å². The molecule has 0 fully saturated rings. The van der Waals surface area contributed by atoms with E-state index in [0.717, 1.165) is 6.42 Å². The van der Waals surface area contributed by atoms with E-state index in [2.05, 4.69) is 27.7 Å². The molecule has 0 N–H and O–H groups in total. The van der Waals surface area contributed by atoms with Crippen LogP contribution >= 0.6 is 0 Å². The summed E-state index contributed by atoms with van der Waals surface area (Å²) in [4.78, 5) is 11.8. The zero-order chi connectivity index (χ0) is 15.9. The van der Waals surface area contributed by atoms with Crippen molar-refractivity contribution in [2.24, 2.45) is 11.8 Å². The van der Waals surface area contributed by atoms with E-state index in [0.29, 0.717) is 24.9 Å². The average Bonchev–Trinajstić information content (AvgIpc) is 2.47. The van der Waals surface area contributed by atoms with Gasteiger partial charge >= 0.3 is 5.97 Å². The highest BCUT2D eigenvalue weighted by Gasteiger charge is 2.17. The quantitative estimate of drug-likeness (QED) is 0.285. The summed E-state index contributed by atoms with van der Waals surface area (Å²) in [5.74, 6) is 1.22. The molecular weight excluding hydrogens is 260 g/mol. The lowest BCUT2D eigenvalue weighted by Gasteiger charge is -2.23. The molecule has 0 aliphatic rings. The SMILES string of the molecule is CCCCCCCCC(=O)OCC(CCC)C(C)CCC. The van der Waals surface area contributed by atoms with Crippen molar-refractivity contribution in [3.05, 3.63) is 0 Å². The van der Waals surface area contributed by atoms with Crippen LogP contribution in [0.1, 0.15) is 98.3 Å². The lowest BCUT2D eigenvalue weighted by Crippen LogP contribution is -2.20. The van der Waals surface area contributed by atoms with Gasteiger partial charge in [-0.15, -0.1) is 0 Å². The number of rotatable bonds is 14. The fourth-order valence-corrected chi connectivity index (χ4v) is 2.92. The van der Waals surface area contributed by atoms with Crippen LogP contribution in [0.15, 0.2) is 0 Å². The first-order valence-corrected chi connectivity index (χ1v) is 9.31. The van der Waals surface area contributed by atoms with Gasteiger partial charge in [0.05, 0.1) is 6.61 Å². The first kappa shape index (κ1) is 20.5. The monoisotopic (exact) mass is 298 g/mol. The van der Waals surface area contributed by atoms with Crippen LogP contribution in [0.3, 0.4) is 0 Å². The minimum absolute atomic E-state index is 0.00953. The van der Waals surface area contributed by atoms with Crippen molar-refractivity contribution in [1.82, 2.24) is 0 Å². The van der Waals surface area contributed by atoms with E-state index in [4.69, 9.17) is 4.74 Å². The lowest BCUT2D eigenvalue weighted by atomic mass is 9.87. The average molecular weight is 299 g/mol. The highest BCUT2D eigenvalue weighted by atomic mass is 16.5. The second kappa shape index (κ2) is 14.4. The number of hydrogen-bond acceptors (Lipinski definition) is 2. The Morgan fingerprint density at radius 3 is 2.10 bits per heavy atom. The molecule has 0 saturated carbocycles. The van der Waals surface area contributed by atoms with Crippen LogP contribution in [0.4, 0.5) is 0 Å². The van der Waals surface area contributed by atoms with Crippen molar-refractivity contribution in [1.29, 1.82) is 0 Å². The predicted octanol–water partition coefficient (Wildman–Crippen LogP) is 6.13. The van der Waals surface area contributed by atoms with E-state index in [9.17, 15) is 4.79 Å². The summed E-state index contributed by atoms with van der Waals surface area (Å²) in [5.41, 5.74) is 0. The van der Waals surface area contributed by atoms with Crippen LogP contribution in [0.2, 0.25) is 0 Å². The first-order valence-electron chi connectivity index (χ1n) is 9.31. The number of carbonyl (C=O) groups excluding carboxylic acids is 1. The highest BCUT2D eigenvalue weighted by Crippen LogP contribution is 2.22. The largest absolute Gasteiger partial charge is 0.465 e. The molecule has 126 valence electrons. The summed E-state index contributed by atoms with van der Waals surface area (Å²) >= 11 is 0. The number of hydrogen-bond donors (Lipinski definition) is 0. The normalized spacial score (nSPS) is 13.9. The van der Waals surface area contributed by atoms with Gasteiger partial charge in [-0.25, -0.2) is 0 Å². The van der Waals surface area contributed by atoms with Crippen molar-refractivity contribution in [3.8, 4) is 0 Å². The molecule has 0 heterocycles. The smallest absolute Gasteiger partial charge is 0.305 e. The lowest BCUT2D eigenvalue weighted by molar-refractivity contribution is -0.145. The molecule has 0 aromatic carbocycles. The number of ether oxygens (including phenoxy) is 1. The van der Waals surface area contributed by atoms with E-state index in [-0.39, 0.29) is 5.97 Å². The molecule has 2 heteroatoms. The van der Waals surface area contributed by atoms with Gasteiger partial charge in [0.2, 0.25) is 0 Å². The van der Waals surface area contributed by atoms with Crippen molar-refractivity contribution in [2.75, 3.05) is 6.61 Å². The summed E-state index contributed by atoms with van der Waals surface area (Å²) < 4.78 is 5.51. The third-order valence-corrected chi connectivity index (χ3v) is 4.40. The minimum Gasteiger partial charge on any atom is -0.465 e. The van der Waals surface area contributed by atoms with Gasteiger partial charge in [0.25, 0.3) is 0 Å². The van der Waals surface area contributed by atoms with Crippen LogP contribution in [-0.2, 0) is 9.53 Å². The van der Waals surface area contributed by atoms with E-state index in [1.54, 1.807) is 0 Å². The van der Waals surface area contributed by atoms with Gasteiger partial charge in [-0.1, -0.05) is 79.1 Å². The maximum absolute atomic E-state index is 11.8. The summed E-state index contributed by atoms with van der Waals surface area (Å²) in [6, 6.07) is 0. The molecule has 2 atom stereocenters. The molecule has 2 unspecified atom stereocenters. The third kappa shape index (κ3) is 11.8. The van der Waals surface area contributed by atoms with E-state index in [1.165, 1.54) is 57.8 Å². The Hall–Kier alpha value is -0.530. The Bertz CT molecular complexity index is 238. The standard InChI is InChI=1S/C19H38O2/c1-5-8-9-10-11-12-15-19(20)21-16-18(14-7-3)17(4)13-6-2/h17-18H,5-16H2,1-4H3. The molecule has 0 radical (unpaired) electrons. The molecule has 21 heavy (non-hydrogen) atoms. The number of carbonyl (C=O) groups is 1. The fraction of sp³-hybridized carbons (Fsp3) is 0.947. The Kier molecular flexibility index (Phi) is 14.0.